The maximum absolute atomic E-state index is 15.0. The monoisotopic (exact) mass is 1140 g/mol. The van der Waals surface area contributed by atoms with Crippen LogP contribution in [0.5, 0.6) is 0 Å². The van der Waals surface area contributed by atoms with Crippen molar-refractivity contribution in [1.82, 2.24) is 20.0 Å². The van der Waals surface area contributed by atoms with Crippen molar-refractivity contribution < 1.29 is 71.9 Å². The summed E-state index contributed by atoms with van der Waals surface area (Å²) < 4.78 is 34.2. The molecule has 0 unspecified atom stereocenters. The van der Waals surface area contributed by atoms with Crippen molar-refractivity contribution in [3.05, 3.63) is 59.7 Å². The number of aliphatic carboxylic acids is 1. The molecule has 2 aliphatic heterocycles. The quantitative estimate of drug-likeness (QED) is 0.0758. The molecular formula is C60H92N6O15. The number of benzene rings is 2. The lowest BCUT2D eigenvalue weighted by Gasteiger charge is -2.34. The molecule has 2 heterocycles. The number of ether oxygens (including phenoxy) is 6. The minimum Gasteiger partial charge on any atom is -0.478 e. The molecule has 0 saturated carbocycles. The Kier molecular flexibility index (Phi) is 26.8. The Labute approximate surface area is 479 Å². The van der Waals surface area contributed by atoms with Gasteiger partial charge in [0, 0.05) is 71.5 Å². The number of hydrogen-bond donors (Lipinski definition) is 2. The van der Waals surface area contributed by atoms with Crippen molar-refractivity contribution in [2.24, 2.45) is 23.7 Å². The molecular weight excluding hydrogens is 1040 g/mol. The molecule has 0 bridgehead atoms. The Bertz CT molecular complexity index is 2370. The third-order valence-electron chi connectivity index (χ3n) is 14.5. The van der Waals surface area contributed by atoms with Gasteiger partial charge in [0.2, 0.25) is 6.10 Å². The van der Waals surface area contributed by atoms with Crippen molar-refractivity contribution in [3.8, 4) is 0 Å². The fourth-order valence-electron chi connectivity index (χ4n) is 9.80. The van der Waals surface area contributed by atoms with Crippen molar-refractivity contribution in [3.63, 3.8) is 0 Å². The first-order valence-electron chi connectivity index (χ1n) is 28.6. The molecule has 8 atom stereocenters. The van der Waals surface area contributed by atoms with Crippen LogP contribution in [0.4, 0.5) is 11.4 Å². The molecule has 81 heavy (non-hydrogen) atoms. The highest BCUT2D eigenvalue weighted by atomic mass is 16.6. The van der Waals surface area contributed by atoms with Gasteiger partial charge in [-0.15, -0.1) is 0 Å². The number of likely N-dealkylation sites (N-methyl/N-ethyl adjacent to an activating group) is 4. The van der Waals surface area contributed by atoms with Crippen LogP contribution in [-0.2, 0) is 79.6 Å². The molecule has 0 radical (unpaired) electrons. The summed E-state index contributed by atoms with van der Waals surface area (Å²) in [5.74, 6) is -7.30. The number of hydrogen-bond acceptors (Lipinski definition) is 17. The first kappa shape index (κ1) is 67.2. The van der Waals surface area contributed by atoms with Gasteiger partial charge in [0.05, 0.1) is 26.4 Å². The number of morpholine rings is 2. The van der Waals surface area contributed by atoms with Crippen LogP contribution in [0.1, 0.15) is 106 Å². The number of esters is 4. The molecule has 21 heteroatoms. The van der Waals surface area contributed by atoms with Gasteiger partial charge in [-0.1, -0.05) is 79.7 Å². The predicted octanol–water partition coefficient (Wildman–Crippen LogP) is 5.17. The summed E-state index contributed by atoms with van der Waals surface area (Å²) in [5.41, 5.74) is 3.14. The van der Waals surface area contributed by atoms with Crippen molar-refractivity contribution in [2.75, 3.05) is 90.6 Å². The molecule has 0 aliphatic carbocycles. The van der Waals surface area contributed by atoms with Gasteiger partial charge in [0.25, 0.3) is 17.7 Å². The molecule has 2 aromatic carbocycles. The lowest BCUT2D eigenvalue weighted by Crippen LogP contribution is -2.53. The Morgan fingerprint density at radius 1 is 0.481 bits per heavy atom. The molecule has 2 N–H and O–H groups in total. The lowest BCUT2D eigenvalue weighted by molar-refractivity contribution is -0.174. The third kappa shape index (κ3) is 20.6. The molecule has 2 aliphatic rings. The van der Waals surface area contributed by atoms with E-state index in [2.05, 4.69) is 15.1 Å². The van der Waals surface area contributed by atoms with Gasteiger partial charge < -0.3 is 63.3 Å². The average Bonchev–Trinajstić information content (AvgIpc) is 3.44. The van der Waals surface area contributed by atoms with Gasteiger partial charge in [-0.2, -0.15) is 0 Å². The number of nitrogens with zero attached hydrogens (tertiary/aromatic N) is 5. The molecule has 0 spiro atoms. The summed E-state index contributed by atoms with van der Waals surface area (Å²) in [6.07, 6.45) is -5.35. The van der Waals surface area contributed by atoms with E-state index < -0.39 is 96.2 Å². The Hall–Kier alpha value is -6.32. The zero-order chi connectivity index (χ0) is 60.2. The minimum absolute atomic E-state index is 0.0664. The molecule has 3 amide bonds. The summed E-state index contributed by atoms with van der Waals surface area (Å²) in [6, 6.07) is 10.4. The number of carbonyl (C=O) groups excluding carboxylic acids is 7. The van der Waals surface area contributed by atoms with Crippen molar-refractivity contribution in [1.29, 1.82) is 0 Å². The highest BCUT2D eigenvalue weighted by molar-refractivity contribution is 5.93. The minimum atomic E-state index is -1.57. The lowest BCUT2D eigenvalue weighted by atomic mass is 10.00. The van der Waals surface area contributed by atoms with Gasteiger partial charge in [-0.3, -0.25) is 19.2 Å². The van der Waals surface area contributed by atoms with Crippen LogP contribution in [0.15, 0.2) is 48.5 Å². The van der Waals surface area contributed by atoms with Gasteiger partial charge in [0.15, 0.2) is 18.3 Å². The highest BCUT2D eigenvalue weighted by Gasteiger charge is 2.41. The number of carboxylic acid groups (broad SMARTS) is 1. The van der Waals surface area contributed by atoms with Crippen LogP contribution in [-0.4, -0.2) is 197 Å². The Morgan fingerprint density at radius 3 is 1.15 bits per heavy atom. The molecule has 452 valence electrons. The first-order valence-corrected chi connectivity index (χ1v) is 28.6. The van der Waals surface area contributed by atoms with E-state index in [0.29, 0.717) is 57.1 Å². The molecule has 2 saturated heterocycles. The van der Waals surface area contributed by atoms with E-state index in [-0.39, 0.29) is 55.8 Å². The van der Waals surface area contributed by atoms with E-state index in [1.54, 1.807) is 19.2 Å². The second kappa shape index (κ2) is 32.4. The van der Waals surface area contributed by atoms with E-state index in [0.717, 1.165) is 34.3 Å². The second-order valence-corrected chi connectivity index (χ2v) is 23.0. The Morgan fingerprint density at radius 2 is 0.802 bits per heavy atom. The molecule has 2 fully saturated rings. The van der Waals surface area contributed by atoms with Crippen LogP contribution in [0.2, 0.25) is 0 Å². The fourth-order valence-corrected chi connectivity index (χ4v) is 9.80. The second-order valence-electron chi connectivity index (χ2n) is 23.0. The fraction of sp³-hybridized carbons (Fsp3) is 0.667. The molecule has 4 rings (SSSR count). The zero-order valence-electron chi connectivity index (χ0n) is 50.3. The first-order chi connectivity index (χ1) is 38.2. The average molecular weight is 1140 g/mol. The summed E-state index contributed by atoms with van der Waals surface area (Å²) in [4.78, 5) is 120. The van der Waals surface area contributed by atoms with E-state index >= 15 is 0 Å². The van der Waals surface area contributed by atoms with Crippen LogP contribution < -0.4 is 15.1 Å². The standard InChI is InChI=1S/C60H92N6O15/c1-37(2)31-47(61-11)57(72)78-41(9)53(67)62(12)49(33-39(5)6)59(74)80-51(35-43-15-19-45(20-16-43)65-23-27-76-28-24-65)55(69)64(14)48(32-38(3)4)58(73)79-42(10)54(68)63(13)50(34-40(7)8)60(75)81-52(56(70)71)36-44-17-21-46(22-18-44)66-25-29-77-30-26-66/h15-22,37-42,47-52,61H,23-36H2,1-14H3,(H,70,71)/t41-,42-,47+,48+,49+,50+,51-,52-/m1/s1. The summed E-state index contributed by atoms with van der Waals surface area (Å²) in [5, 5.41) is 13.1. The van der Waals surface area contributed by atoms with E-state index in [1.165, 1.54) is 39.9 Å². The Balaban J connectivity index is 1.58. The normalized spacial score (nSPS) is 16.8. The number of carbonyl (C=O) groups is 8. The number of rotatable bonds is 30. The van der Waals surface area contributed by atoms with E-state index in [1.807, 2.05) is 91.8 Å². The number of nitrogens with one attached hydrogen (secondary N) is 1. The molecule has 21 nitrogen and oxygen atoms in total. The van der Waals surface area contributed by atoms with Crippen molar-refractivity contribution >= 4 is 58.9 Å². The van der Waals surface area contributed by atoms with Crippen LogP contribution in [0, 0.1) is 23.7 Å². The van der Waals surface area contributed by atoms with Gasteiger partial charge in [0.1, 0.15) is 24.2 Å². The summed E-state index contributed by atoms with van der Waals surface area (Å²) in [6.45, 7) is 22.9. The van der Waals surface area contributed by atoms with Gasteiger partial charge >= 0.3 is 29.8 Å². The maximum Gasteiger partial charge on any atom is 0.345 e. The topological polar surface area (TPSA) is 240 Å². The van der Waals surface area contributed by atoms with Crippen LogP contribution in [0.25, 0.3) is 0 Å². The predicted molar refractivity (Wildman–Crippen MR) is 305 cm³/mol. The van der Waals surface area contributed by atoms with E-state index in [4.69, 9.17) is 28.4 Å². The number of anilines is 2. The van der Waals surface area contributed by atoms with E-state index in [9.17, 15) is 43.5 Å². The SMILES string of the molecule is CN[C@@H](CC(C)C)C(=O)O[C@H](C)C(=O)N(C)[C@@H](CC(C)C)C(=O)O[C@H](Cc1ccc(N2CCOCC2)cc1)C(=O)N(C)[C@@H](CC(C)C)C(=O)O[C@H](C)C(=O)N(C)[C@@H](CC(C)C)C(=O)O[C@H](Cc1ccc(N2CCOCC2)cc1)C(=O)O. The summed E-state index contributed by atoms with van der Waals surface area (Å²) in [7, 11) is 5.79. The smallest absolute Gasteiger partial charge is 0.345 e. The molecule has 0 aromatic heterocycles. The molecule has 2 aromatic rings. The highest BCUT2D eigenvalue weighted by Crippen LogP contribution is 2.25. The number of carboxylic acids is 1. The maximum atomic E-state index is 15.0. The largest absolute Gasteiger partial charge is 0.478 e. The van der Waals surface area contributed by atoms with Gasteiger partial charge in [-0.05, 0) is 106 Å². The van der Waals surface area contributed by atoms with Crippen LogP contribution in [0.3, 0.4) is 0 Å². The van der Waals surface area contributed by atoms with Crippen LogP contribution >= 0.6 is 0 Å². The zero-order valence-corrected chi connectivity index (χ0v) is 50.3. The van der Waals surface area contributed by atoms with Gasteiger partial charge in [-0.25, -0.2) is 19.2 Å². The summed E-state index contributed by atoms with van der Waals surface area (Å²) >= 11 is 0. The number of amides is 3. The third-order valence-corrected chi connectivity index (χ3v) is 14.5. The van der Waals surface area contributed by atoms with Crippen molar-refractivity contribution in [2.45, 2.75) is 156 Å².